The molecule has 1 atom stereocenters. The normalized spacial score (nSPS) is 13.7. The lowest BCUT2D eigenvalue weighted by Gasteiger charge is -2.28. The van der Waals surface area contributed by atoms with Crippen molar-refractivity contribution in [1.82, 2.24) is 0 Å². The zero-order valence-corrected chi connectivity index (χ0v) is 11.4. The van der Waals surface area contributed by atoms with Gasteiger partial charge in [0.25, 0.3) is 0 Å². The van der Waals surface area contributed by atoms with Gasteiger partial charge in [0.2, 0.25) is 0 Å². The Morgan fingerprint density at radius 2 is 2.07 bits per heavy atom. The summed E-state index contributed by atoms with van der Waals surface area (Å²) >= 11 is 9.31. The van der Waals surface area contributed by atoms with Gasteiger partial charge in [-0.1, -0.05) is 11.6 Å². The summed E-state index contributed by atoms with van der Waals surface area (Å²) in [6.45, 7) is 5.46. The molecule has 0 saturated carbocycles. The first-order chi connectivity index (χ1) is 6.80. The van der Waals surface area contributed by atoms with Crippen molar-refractivity contribution in [2.45, 2.75) is 32.4 Å². The second-order valence-corrected chi connectivity index (χ2v) is 5.43. The molecule has 4 heteroatoms. The third kappa shape index (κ3) is 3.67. The number of nitrogens with one attached hydrogen (secondary N) is 1. The molecule has 0 aliphatic carbocycles. The molecular weight excluding hydrogens is 277 g/mol. The molecule has 1 rings (SSSR count). The smallest absolute Gasteiger partial charge is 0.0789 e. The van der Waals surface area contributed by atoms with Crippen LogP contribution in [-0.4, -0.2) is 16.7 Å². The van der Waals surface area contributed by atoms with Gasteiger partial charge in [-0.25, -0.2) is 0 Å². The van der Waals surface area contributed by atoms with Gasteiger partial charge in [0.05, 0.1) is 17.3 Å². The Morgan fingerprint density at radius 1 is 1.47 bits per heavy atom. The minimum absolute atomic E-state index is 0.0627. The van der Waals surface area contributed by atoms with Crippen molar-refractivity contribution in [1.29, 1.82) is 0 Å². The molecule has 0 heterocycles. The molecule has 1 aromatic rings. The highest BCUT2D eigenvalue weighted by atomic mass is 79.9. The quantitative estimate of drug-likeness (QED) is 0.891. The topological polar surface area (TPSA) is 32.3 Å². The summed E-state index contributed by atoms with van der Waals surface area (Å²) in [5.74, 6) is 0. The van der Waals surface area contributed by atoms with E-state index in [9.17, 15) is 5.11 Å². The van der Waals surface area contributed by atoms with Gasteiger partial charge in [-0.2, -0.15) is 0 Å². The molecule has 0 spiro atoms. The van der Waals surface area contributed by atoms with Crippen LogP contribution in [0.15, 0.2) is 22.7 Å². The van der Waals surface area contributed by atoms with E-state index in [-0.39, 0.29) is 6.04 Å². The van der Waals surface area contributed by atoms with E-state index in [2.05, 4.69) is 21.2 Å². The van der Waals surface area contributed by atoms with Crippen molar-refractivity contribution in [3.63, 3.8) is 0 Å². The van der Waals surface area contributed by atoms with E-state index in [4.69, 9.17) is 11.6 Å². The molecule has 0 aliphatic heterocycles. The van der Waals surface area contributed by atoms with Gasteiger partial charge in [0.15, 0.2) is 0 Å². The summed E-state index contributed by atoms with van der Waals surface area (Å²) in [7, 11) is 0. The minimum Gasteiger partial charge on any atom is -0.388 e. The van der Waals surface area contributed by atoms with Crippen molar-refractivity contribution < 1.29 is 5.11 Å². The summed E-state index contributed by atoms with van der Waals surface area (Å²) in [6, 6.07) is 5.45. The molecular formula is C11H15BrClNO. The Hall–Kier alpha value is -0.250. The van der Waals surface area contributed by atoms with Crippen LogP contribution in [0.5, 0.6) is 0 Å². The van der Waals surface area contributed by atoms with Crippen LogP contribution in [0, 0.1) is 0 Å². The van der Waals surface area contributed by atoms with E-state index in [1.54, 1.807) is 13.8 Å². The molecule has 2 nitrogen and oxygen atoms in total. The molecule has 0 aromatic heterocycles. The van der Waals surface area contributed by atoms with E-state index in [1.807, 2.05) is 25.1 Å². The molecule has 0 radical (unpaired) electrons. The van der Waals surface area contributed by atoms with Crippen LogP contribution in [-0.2, 0) is 0 Å². The van der Waals surface area contributed by atoms with E-state index < -0.39 is 5.60 Å². The van der Waals surface area contributed by atoms with Crippen LogP contribution in [0.25, 0.3) is 0 Å². The summed E-state index contributed by atoms with van der Waals surface area (Å²) < 4.78 is 0.933. The molecule has 0 amide bonds. The zero-order valence-electron chi connectivity index (χ0n) is 9.01. The standard InChI is InChI=1S/C11H15BrClNO/c1-7(11(2,3)15)14-10-6-8(13)4-5-9(10)12/h4-7,14-15H,1-3H3. The van der Waals surface area contributed by atoms with Gasteiger partial charge in [-0.05, 0) is 54.9 Å². The Labute approximate surface area is 104 Å². The maximum absolute atomic E-state index is 9.80. The minimum atomic E-state index is -0.776. The van der Waals surface area contributed by atoms with E-state index >= 15 is 0 Å². The Balaban J connectivity index is 2.85. The third-order valence-electron chi connectivity index (χ3n) is 2.36. The van der Waals surface area contributed by atoms with E-state index in [0.717, 1.165) is 10.2 Å². The molecule has 15 heavy (non-hydrogen) atoms. The van der Waals surface area contributed by atoms with Gasteiger partial charge in [0, 0.05) is 9.50 Å². The summed E-state index contributed by atoms with van der Waals surface area (Å²) in [4.78, 5) is 0. The molecule has 0 aliphatic rings. The van der Waals surface area contributed by atoms with Gasteiger partial charge >= 0.3 is 0 Å². The molecule has 0 fully saturated rings. The highest BCUT2D eigenvalue weighted by Gasteiger charge is 2.22. The SMILES string of the molecule is CC(Nc1cc(Cl)ccc1Br)C(C)(C)O. The molecule has 84 valence electrons. The van der Waals surface area contributed by atoms with Gasteiger partial charge in [-0.3, -0.25) is 0 Å². The lowest BCUT2D eigenvalue weighted by atomic mass is 10.0. The largest absolute Gasteiger partial charge is 0.388 e. The molecule has 1 unspecified atom stereocenters. The molecule has 0 saturated heterocycles. The average Bonchev–Trinajstić information content (AvgIpc) is 2.09. The predicted molar refractivity (Wildman–Crippen MR) is 68.5 cm³/mol. The number of benzene rings is 1. The Morgan fingerprint density at radius 3 is 2.60 bits per heavy atom. The number of anilines is 1. The average molecular weight is 293 g/mol. The molecule has 1 aromatic carbocycles. The van der Waals surface area contributed by atoms with Crippen molar-refractivity contribution in [3.8, 4) is 0 Å². The maximum Gasteiger partial charge on any atom is 0.0789 e. The second kappa shape index (κ2) is 4.73. The van der Waals surface area contributed by atoms with Crippen molar-refractivity contribution in [2.24, 2.45) is 0 Å². The number of hydrogen-bond acceptors (Lipinski definition) is 2. The Kier molecular flexibility index (Phi) is 4.04. The molecule has 0 bridgehead atoms. The fourth-order valence-electron chi connectivity index (χ4n) is 1.02. The van der Waals surface area contributed by atoms with Crippen molar-refractivity contribution in [3.05, 3.63) is 27.7 Å². The first kappa shape index (κ1) is 12.8. The summed E-state index contributed by atoms with van der Waals surface area (Å²) in [5.41, 5.74) is 0.110. The van der Waals surface area contributed by atoms with Crippen LogP contribution in [0.4, 0.5) is 5.69 Å². The highest BCUT2D eigenvalue weighted by molar-refractivity contribution is 9.10. The van der Waals surface area contributed by atoms with Crippen LogP contribution < -0.4 is 5.32 Å². The third-order valence-corrected chi connectivity index (χ3v) is 3.29. The van der Waals surface area contributed by atoms with Gasteiger partial charge in [-0.15, -0.1) is 0 Å². The first-order valence-electron chi connectivity index (χ1n) is 4.74. The van der Waals surface area contributed by atoms with E-state index in [0.29, 0.717) is 5.02 Å². The van der Waals surface area contributed by atoms with Gasteiger partial charge in [0.1, 0.15) is 0 Å². The predicted octanol–water partition coefficient (Wildman–Crippen LogP) is 3.67. The number of halogens is 2. The van der Waals surface area contributed by atoms with Crippen molar-refractivity contribution >= 4 is 33.2 Å². The molecule has 2 N–H and O–H groups in total. The lowest BCUT2D eigenvalue weighted by Crippen LogP contribution is -2.39. The monoisotopic (exact) mass is 291 g/mol. The number of aliphatic hydroxyl groups is 1. The number of hydrogen-bond donors (Lipinski definition) is 2. The van der Waals surface area contributed by atoms with Crippen LogP contribution in [0.1, 0.15) is 20.8 Å². The van der Waals surface area contributed by atoms with Crippen molar-refractivity contribution in [2.75, 3.05) is 5.32 Å². The van der Waals surface area contributed by atoms with Crippen LogP contribution in [0.2, 0.25) is 5.02 Å². The first-order valence-corrected chi connectivity index (χ1v) is 5.92. The summed E-state index contributed by atoms with van der Waals surface area (Å²) in [6.07, 6.45) is 0. The lowest BCUT2D eigenvalue weighted by molar-refractivity contribution is 0.0649. The van der Waals surface area contributed by atoms with Crippen LogP contribution in [0.3, 0.4) is 0 Å². The number of rotatable bonds is 3. The zero-order chi connectivity index (χ0) is 11.6. The summed E-state index contributed by atoms with van der Waals surface area (Å²) in [5, 5.41) is 13.7. The van der Waals surface area contributed by atoms with E-state index in [1.165, 1.54) is 0 Å². The second-order valence-electron chi connectivity index (χ2n) is 4.14. The van der Waals surface area contributed by atoms with Crippen LogP contribution >= 0.6 is 27.5 Å². The maximum atomic E-state index is 9.80. The highest BCUT2D eigenvalue weighted by Crippen LogP contribution is 2.27. The fourth-order valence-corrected chi connectivity index (χ4v) is 1.55. The fraction of sp³-hybridized carbons (Fsp3) is 0.455. The Bertz CT molecular complexity index is 349. The van der Waals surface area contributed by atoms with Gasteiger partial charge < -0.3 is 10.4 Å².